The van der Waals surface area contributed by atoms with Crippen molar-refractivity contribution in [2.24, 2.45) is 0 Å². The van der Waals surface area contributed by atoms with Crippen molar-refractivity contribution in [2.45, 2.75) is 33.3 Å². The summed E-state index contributed by atoms with van der Waals surface area (Å²) in [5, 5.41) is 2.72. The Kier molecular flexibility index (Phi) is 5.65. The molecule has 0 aromatic heterocycles. The van der Waals surface area contributed by atoms with Gasteiger partial charge in [0.1, 0.15) is 12.5 Å². The molecule has 0 saturated carbocycles. The van der Waals surface area contributed by atoms with E-state index >= 15 is 0 Å². The molecule has 0 fully saturated rings. The molecular weight excluding hydrogens is 230 g/mol. The molecule has 0 unspecified atom stereocenters. The Balaban J connectivity index is 2.59. The molecule has 18 heavy (non-hydrogen) atoms. The summed E-state index contributed by atoms with van der Waals surface area (Å²) >= 11 is 0. The molecule has 100 valence electrons. The second-order valence-corrected chi connectivity index (χ2v) is 4.39. The van der Waals surface area contributed by atoms with Crippen molar-refractivity contribution in [3.8, 4) is 5.75 Å². The number of ether oxygens (including phenoxy) is 2. The van der Waals surface area contributed by atoms with Crippen LogP contribution in [-0.4, -0.2) is 25.9 Å². The average Bonchev–Trinajstić information content (AvgIpc) is 2.31. The summed E-state index contributed by atoms with van der Waals surface area (Å²) in [6, 6.07) is 5.74. The van der Waals surface area contributed by atoms with Gasteiger partial charge in [0.2, 0.25) is 5.91 Å². The van der Waals surface area contributed by atoms with Gasteiger partial charge in [-0.3, -0.25) is 4.79 Å². The highest BCUT2D eigenvalue weighted by atomic mass is 16.5. The maximum absolute atomic E-state index is 11.8. The molecule has 0 bridgehead atoms. The van der Waals surface area contributed by atoms with Crippen molar-refractivity contribution in [3.63, 3.8) is 0 Å². The summed E-state index contributed by atoms with van der Waals surface area (Å²) in [6.07, 6.45) is 0.412. The minimum atomic E-state index is -0.0664. The number of carbonyl (C=O) groups is 1. The Morgan fingerprint density at radius 3 is 2.72 bits per heavy atom. The number of hydrogen-bond donors (Lipinski definition) is 1. The maximum Gasteiger partial charge on any atom is 0.226 e. The summed E-state index contributed by atoms with van der Waals surface area (Å²) < 4.78 is 10.5. The van der Waals surface area contributed by atoms with E-state index in [1.165, 1.54) is 0 Å². The molecular formula is C14H21NO3. The fourth-order valence-electron chi connectivity index (χ4n) is 1.61. The third kappa shape index (κ3) is 4.37. The van der Waals surface area contributed by atoms with E-state index < -0.39 is 0 Å². The van der Waals surface area contributed by atoms with Crippen molar-refractivity contribution < 1.29 is 14.3 Å². The Labute approximate surface area is 108 Å². The highest BCUT2D eigenvalue weighted by molar-refractivity contribution is 5.79. The van der Waals surface area contributed by atoms with E-state index in [1.54, 1.807) is 7.11 Å². The van der Waals surface area contributed by atoms with Crippen LogP contribution in [0.3, 0.4) is 0 Å². The molecule has 0 atom stereocenters. The second kappa shape index (κ2) is 7.01. The number of amides is 1. The second-order valence-electron chi connectivity index (χ2n) is 4.39. The van der Waals surface area contributed by atoms with E-state index in [-0.39, 0.29) is 18.7 Å². The molecule has 0 aliphatic heterocycles. The number of methoxy groups -OCH3 is 1. The smallest absolute Gasteiger partial charge is 0.226 e. The Morgan fingerprint density at radius 2 is 2.11 bits per heavy atom. The van der Waals surface area contributed by atoms with Gasteiger partial charge in [-0.25, -0.2) is 0 Å². The number of benzene rings is 1. The largest absolute Gasteiger partial charge is 0.496 e. The zero-order valence-electron chi connectivity index (χ0n) is 11.4. The first kappa shape index (κ1) is 14.5. The standard InChI is InChI=1S/C14H21NO3/c1-10(2)18-9-15-14(16)8-12-11(3)6-5-7-13(12)17-4/h5-7,10H,8-9H2,1-4H3,(H,15,16). The van der Waals surface area contributed by atoms with Gasteiger partial charge in [0.15, 0.2) is 0 Å². The Morgan fingerprint density at radius 1 is 1.39 bits per heavy atom. The van der Waals surface area contributed by atoms with Gasteiger partial charge in [-0.15, -0.1) is 0 Å². The molecule has 1 aromatic rings. The molecule has 0 saturated heterocycles. The number of aryl methyl sites for hydroxylation is 1. The molecule has 4 nitrogen and oxygen atoms in total. The van der Waals surface area contributed by atoms with Crippen LogP contribution in [0.25, 0.3) is 0 Å². The minimum Gasteiger partial charge on any atom is -0.496 e. The van der Waals surface area contributed by atoms with Gasteiger partial charge in [-0.1, -0.05) is 12.1 Å². The normalized spacial score (nSPS) is 10.5. The number of nitrogens with one attached hydrogen (secondary N) is 1. The average molecular weight is 251 g/mol. The van der Waals surface area contributed by atoms with E-state index in [2.05, 4.69) is 5.32 Å². The zero-order chi connectivity index (χ0) is 13.5. The Bertz CT molecular complexity index is 402. The van der Waals surface area contributed by atoms with Gasteiger partial charge in [0, 0.05) is 5.56 Å². The van der Waals surface area contributed by atoms with Gasteiger partial charge in [-0.05, 0) is 32.4 Å². The lowest BCUT2D eigenvalue weighted by Gasteiger charge is -2.12. The van der Waals surface area contributed by atoms with Gasteiger partial charge in [0.05, 0.1) is 19.6 Å². The predicted molar refractivity (Wildman–Crippen MR) is 70.7 cm³/mol. The van der Waals surface area contributed by atoms with Crippen LogP contribution in [0.5, 0.6) is 5.75 Å². The van der Waals surface area contributed by atoms with Crippen molar-refractivity contribution in [1.82, 2.24) is 5.32 Å². The quantitative estimate of drug-likeness (QED) is 0.787. The van der Waals surface area contributed by atoms with Crippen molar-refractivity contribution >= 4 is 5.91 Å². The van der Waals surface area contributed by atoms with E-state index in [0.29, 0.717) is 6.42 Å². The van der Waals surface area contributed by atoms with Crippen LogP contribution in [0.1, 0.15) is 25.0 Å². The van der Waals surface area contributed by atoms with Gasteiger partial charge in [0.25, 0.3) is 0 Å². The third-order valence-corrected chi connectivity index (χ3v) is 2.61. The molecule has 0 heterocycles. The lowest BCUT2D eigenvalue weighted by atomic mass is 10.0. The molecule has 1 aromatic carbocycles. The number of carbonyl (C=O) groups excluding carboxylic acids is 1. The molecule has 0 spiro atoms. The highest BCUT2D eigenvalue weighted by Gasteiger charge is 2.10. The van der Waals surface area contributed by atoms with Crippen molar-refractivity contribution in [1.29, 1.82) is 0 Å². The lowest BCUT2D eigenvalue weighted by Crippen LogP contribution is -2.29. The number of rotatable bonds is 6. The molecule has 1 amide bonds. The molecule has 1 rings (SSSR count). The predicted octanol–water partition coefficient (Wildman–Crippen LogP) is 2.04. The van der Waals surface area contributed by atoms with Crippen LogP contribution in [0.2, 0.25) is 0 Å². The molecule has 0 aliphatic rings. The number of hydrogen-bond acceptors (Lipinski definition) is 3. The zero-order valence-corrected chi connectivity index (χ0v) is 11.4. The van der Waals surface area contributed by atoms with Gasteiger partial charge in [-0.2, -0.15) is 0 Å². The summed E-state index contributed by atoms with van der Waals surface area (Å²) in [6.45, 7) is 6.06. The summed E-state index contributed by atoms with van der Waals surface area (Å²) in [5.74, 6) is 0.679. The molecule has 1 N–H and O–H groups in total. The van der Waals surface area contributed by atoms with Crippen molar-refractivity contribution in [2.75, 3.05) is 13.8 Å². The summed E-state index contributed by atoms with van der Waals surface area (Å²) in [7, 11) is 1.61. The first-order valence-electron chi connectivity index (χ1n) is 6.05. The van der Waals surface area contributed by atoms with Gasteiger partial charge < -0.3 is 14.8 Å². The molecule has 4 heteroatoms. The molecule has 0 aliphatic carbocycles. The van der Waals surface area contributed by atoms with E-state index in [9.17, 15) is 4.79 Å². The van der Waals surface area contributed by atoms with E-state index in [1.807, 2.05) is 39.0 Å². The van der Waals surface area contributed by atoms with Crippen LogP contribution >= 0.6 is 0 Å². The maximum atomic E-state index is 11.8. The van der Waals surface area contributed by atoms with E-state index in [4.69, 9.17) is 9.47 Å². The van der Waals surface area contributed by atoms with Crippen LogP contribution in [0.15, 0.2) is 18.2 Å². The van der Waals surface area contributed by atoms with Crippen LogP contribution in [0, 0.1) is 6.92 Å². The first-order valence-corrected chi connectivity index (χ1v) is 6.05. The van der Waals surface area contributed by atoms with Crippen LogP contribution in [0.4, 0.5) is 0 Å². The summed E-state index contributed by atoms with van der Waals surface area (Å²) in [5.41, 5.74) is 1.97. The van der Waals surface area contributed by atoms with Gasteiger partial charge >= 0.3 is 0 Å². The topological polar surface area (TPSA) is 47.6 Å². The lowest BCUT2D eigenvalue weighted by molar-refractivity contribution is -0.122. The SMILES string of the molecule is COc1cccc(C)c1CC(=O)NCOC(C)C. The molecule has 0 radical (unpaired) electrons. The minimum absolute atomic E-state index is 0.0664. The monoisotopic (exact) mass is 251 g/mol. The first-order chi connectivity index (χ1) is 8.54. The fraction of sp³-hybridized carbons (Fsp3) is 0.500. The van der Waals surface area contributed by atoms with Crippen LogP contribution in [-0.2, 0) is 16.0 Å². The fourth-order valence-corrected chi connectivity index (χ4v) is 1.61. The summed E-state index contributed by atoms with van der Waals surface area (Å²) in [4.78, 5) is 11.8. The highest BCUT2D eigenvalue weighted by Crippen LogP contribution is 2.21. The van der Waals surface area contributed by atoms with E-state index in [0.717, 1.165) is 16.9 Å². The van der Waals surface area contributed by atoms with Crippen molar-refractivity contribution in [3.05, 3.63) is 29.3 Å². The Hall–Kier alpha value is -1.55. The van der Waals surface area contributed by atoms with Crippen LogP contribution < -0.4 is 10.1 Å². The third-order valence-electron chi connectivity index (χ3n) is 2.61.